The molecule has 1 aliphatic heterocycles. The standard InChI is InChI=1S/C14H12BrN3O2S2/c15-12-5-6-14(21-12)22(19,20)17-7-8-18-11-4-2-1-3-10(11)16-13(18)9-17/h1-6H,7-9H2. The highest BCUT2D eigenvalue weighted by Crippen LogP contribution is 2.30. The lowest BCUT2D eigenvalue weighted by Crippen LogP contribution is -2.38. The molecule has 0 bridgehead atoms. The lowest BCUT2D eigenvalue weighted by Gasteiger charge is -2.26. The van der Waals surface area contributed by atoms with Crippen LogP contribution in [0.1, 0.15) is 5.82 Å². The van der Waals surface area contributed by atoms with Crippen LogP contribution in [0, 0.1) is 0 Å². The SMILES string of the molecule is O=S(=O)(c1ccc(Br)s1)N1CCn2c(nc3ccccc32)C1. The zero-order valence-corrected chi connectivity index (χ0v) is 14.7. The summed E-state index contributed by atoms with van der Waals surface area (Å²) in [6.07, 6.45) is 0. The van der Waals surface area contributed by atoms with E-state index in [9.17, 15) is 8.42 Å². The Morgan fingerprint density at radius 1 is 1.14 bits per heavy atom. The molecule has 8 heteroatoms. The third-order valence-corrected chi connectivity index (χ3v) is 7.70. The Morgan fingerprint density at radius 3 is 2.73 bits per heavy atom. The summed E-state index contributed by atoms with van der Waals surface area (Å²) >= 11 is 4.55. The van der Waals surface area contributed by atoms with E-state index in [4.69, 9.17) is 0 Å². The second kappa shape index (κ2) is 5.16. The molecule has 0 spiro atoms. The molecule has 114 valence electrons. The number of hydrogen-bond donors (Lipinski definition) is 0. The summed E-state index contributed by atoms with van der Waals surface area (Å²) < 4.78 is 30.2. The molecule has 2 aromatic heterocycles. The van der Waals surface area contributed by atoms with Gasteiger partial charge in [-0.2, -0.15) is 4.31 Å². The fourth-order valence-corrected chi connectivity index (χ4v) is 6.26. The number of hydrogen-bond acceptors (Lipinski definition) is 4. The number of halogens is 1. The van der Waals surface area contributed by atoms with E-state index in [1.165, 1.54) is 15.6 Å². The van der Waals surface area contributed by atoms with Gasteiger partial charge in [-0.1, -0.05) is 12.1 Å². The minimum atomic E-state index is -3.45. The summed E-state index contributed by atoms with van der Waals surface area (Å²) in [6.45, 7) is 1.40. The van der Waals surface area contributed by atoms with Crippen molar-refractivity contribution in [3.63, 3.8) is 0 Å². The molecule has 0 N–H and O–H groups in total. The Balaban J connectivity index is 1.72. The van der Waals surface area contributed by atoms with Crippen LogP contribution in [0.4, 0.5) is 0 Å². The average molecular weight is 398 g/mol. The molecule has 3 heterocycles. The van der Waals surface area contributed by atoms with Crippen molar-refractivity contribution in [2.24, 2.45) is 0 Å². The molecule has 0 atom stereocenters. The van der Waals surface area contributed by atoms with Gasteiger partial charge in [0.15, 0.2) is 0 Å². The molecule has 5 nitrogen and oxygen atoms in total. The summed E-state index contributed by atoms with van der Waals surface area (Å²) in [5.74, 6) is 0.798. The summed E-state index contributed by atoms with van der Waals surface area (Å²) in [4.78, 5) is 4.57. The Labute approximate surface area is 140 Å². The van der Waals surface area contributed by atoms with Crippen LogP contribution >= 0.6 is 27.3 Å². The molecule has 3 aromatic rings. The fourth-order valence-electron chi connectivity index (χ4n) is 2.71. The molecular weight excluding hydrogens is 386 g/mol. The number of nitrogens with zero attached hydrogens (tertiary/aromatic N) is 3. The molecule has 1 aliphatic rings. The number of imidazole rings is 1. The molecule has 22 heavy (non-hydrogen) atoms. The Hall–Kier alpha value is -1.22. The van der Waals surface area contributed by atoms with Gasteiger partial charge in [-0.3, -0.25) is 0 Å². The summed E-state index contributed by atoms with van der Waals surface area (Å²) in [6, 6.07) is 11.3. The second-order valence-electron chi connectivity index (χ2n) is 5.07. The van der Waals surface area contributed by atoms with Crippen molar-refractivity contribution in [3.05, 3.63) is 46.0 Å². The first-order chi connectivity index (χ1) is 10.6. The predicted octanol–water partition coefficient (Wildman–Crippen LogP) is 3.06. The summed E-state index contributed by atoms with van der Waals surface area (Å²) in [7, 11) is -3.45. The molecule has 0 unspecified atom stereocenters. The van der Waals surface area contributed by atoms with Crippen molar-refractivity contribution in [2.75, 3.05) is 6.54 Å². The minimum Gasteiger partial charge on any atom is -0.326 e. The van der Waals surface area contributed by atoms with E-state index in [2.05, 4.69) is 25.5 Å². The highest BCUT2D eigenvalue weighted by molar-refractivity contribution is 9.11. The predicted molar refractivity (Wildman–Crippen MR) is 89.3 cm³/mol. The minimum absolute atomic E-state index is 0.312. The number of sulfonamides is 1. The lowest BCUT2D eigenvalue weighted by molar-refractivity contribution is 0.340. The van der Waals surface area contributed by atoms with Crippen LogP contribution in [-0.4, -0.2) is 28.8 Å². The number of benzene rings is 1. The van der Waals surface area contributed by atoms with Crippen molar-refractivity contribution < 1.29 is 8.42 Å². The van der Waals surface area contributed by atoms with Crippen molar-refractivity contribution >= 4 is 48.3 Å². The maximum absolute atomic E-state index is 12.7. The zero-order valence-electron chi connectivity index (χ0n) is 11.4. The summed E-state index contributed by atoms with van der Waals surface area (Å²) in [5, 5.41) is 0. The maximum atomic E-state index is 12.7. The van der Waals surface area contributed by atoms with Gasteiger partial charge < -0.3 is 4.57 Å². The van der Waals surface area contributed by atoms with Crippen LogP contribution in [0.5, 0.6) is 0 Å². The lowest BCUT2D eigenvalue weighted by atomic mass is 10.3. The third kappa shape index (κ3) is 2.21. The van der Waals surface area contributed by atoms with Gasteiger partial charge in [0, 0.05) is 13.1 Å². The molecular formula is C14H12BrN3O2S2. The van der Waals surface area contributed by atoms with Crippen LogP contribution in [0.2, 0.25) is 0 Å². The van der Waals surface area contributed by atoms with Crippen molar-refractivity contribution in [1.82, 2.24) is 13.9 Å². The first-order valence-electron chi connectivity index (χ1n) is 6.75. The molecule has 0 saturated carbocycles. The fraction of sp³-hybridized carbons (Fsp3) is 0.214. The Kier molecular flexibility index (Phi) is 3.37. The van der Waals surface area contributed by atoms with Crippen LogP contribution in [-0.2, 0) is 23.1 Å². The van der Waals surface area contributed by atoms with Gasteiger partial charge in [0.25, 0.3) is 10.0 Å². The molecule has 0 amide bonds. The number of para-hydroxylation sites is 2. The van der Waals surface area contributed by atoms with E-state index in [1.54, 1.807) is 12.1 Å². The van der Waals surface area contributed by atoms with Crippen molar-refractivity contribution in [2.45, 2.75) is 17.3 Å². The molecule has 1 aromatic carbocycles. The zero-order chi connectivity index (χ0) is 15.3. The van der Waals surface area contributed by atoms with Gasteiger partial charge in [-0.25, -0.2) is 13.4 Å². The van der Waals surface area contributed by atoms with Gasteiger partial charge in [0.05, 0.1) is 21.4 Å². The van der Waals surface area contributed by atoms with E-state index >= 15 is 0 Å². The first kappa shape index (κ1) is 14.4. The largest absolute Gasteiger partial charge is 0.326 e. The van der Waals surface area contributed by atoms with Crippen LogP contribution in [0.15, 0.2) is 44.4 Å². The third-order valence-electron chi connectivity index (χ3n) is 3.77. The van der Waals surface area contributed by atoms with Gasteiger partial charge in [-0.05, 0) is 40.2 Å². The number of fused-ring (bicyclic) bond motifs is 3. The van der Waals surface area contributed by atoms with Gasteiger partial charge >= 0.3 is 0 Å². The van der Waals surface area contributed by atoms with E-state index < -0.39 is 10.0 Å². The van der Waals surface area contributed by atoms with E-state index in [1.807, 2.05) is 24.3 Å². The second-order valence-corrected chi connectivity index (χ2v) is 9.69. The van der Waals surface area contributed by atoms with Crippen molar-refractivity contribution in [1.29, 1.82) is 0 Å². The Bertz CT molecular complexity index is 962. The highest BCUT2D eigenvalue weighted by atomic mass is 79.9. The van der Waals surface area contributed by atoms with Crippen molar-refractivity contribution in [3.8, 4) is 0 Å². The van der Waals surface area contributed by atoms with E-state index in [-0.39, 0.29) is 0 Å². The van der Waals surface area contributed by atoms with E-state index in [0.717, 1.165) is 20.6 Å². The average Bonchev–Trinajstić information content (AvgIpc) is 3.10. The molecule has 0 aliphatic carbocycles. The normalized spacial score (nSPS) is 16.0. The first-order valence-corrected chi connectivity index (χ1v) is 9.80. The van der Waals surface area contributed by atoms with Gasteiger partial charge in [0.2, 0.25) is 0 Å². The number of rotatable bonds is 2. The van der Waals surface area contributed by atoms with Gasteiger partial charge in [0.1, 0.15) is 10.0 Å². The van der Waals surface area contributed by atoms with E-state index in [0.29, 0.717) is 23.8 Å². The quantitative estimate of drug-likeness (QED) is 0.667. The monoisotopic (exact) mass is 397 g/mol. The summed E-state index contributed by atoms with van der Waals surface area (Å²) in [5.41, 5.74) is 1.98. The number of aromatic nitrogens is 2. The topological polar surface area (TPSA) is 55.2 Å². The smallest absolute Gasteiger partial charge is 0.253 e. The Morgan fingerprint density at radius 2 is 1.95 bits per heavy atom. The highest BCUT2D eigenvalue weighted by Gasteiger charge is 2.31. The maximum Gasteiger partial charge on any atom is 0.253 e. The molecule has 4 rings (SSSR count). The number of thiophene rings is 1. The van der Waals surface area contributed by atoms with Crippen LogP contribution in [0.3, 0.4) is 0 Å². The van der Waals surface area contributed by atoms with Crippen LogP contribution < -0.4 is 0 Å². The van der Waals surface area contributed by atoms with Gasteiger partial charge in [-0.15, -0.1) is 11.3 Å². The van der Waals surface area contributed by atoms with Crippen LogP contribution in [0.25, 0.3) is 11.0 Å². The molecule has 0 radical (unpaired) electrons. The molecule has 0 fully saturated rings. The molecule has 0 saturated heterocycles.